The van der Waals surface area contributed by atoms with Gasteiger partial charge in [-0.05, 0) is 67.1 Å². The minimum Gasteiger partial charge on any atom is -0.355 e. The molecule has 0 aliphatic rings. The molecule has 0 atom stereocenters. The predicted molar refractivity (Wildman–Crippen MR) is 119 cm³/mol. The van der Waals surface area contributed by atoms with E-state index in [0.717, 1.165) is 22.5 Å². The Morgan fingerprint density at radius 2 is 1.64 bits per heavy atom. The van der Waals surface area contributed by atoms with Crippen molar-refractivity contribution >= 4 is 35.3 Å². The molecule has 5 heteroatoms. The first-order valence-electron chi connectivity index (χ1n) is 8.98. The number of aryl methyl sites for hydroxylation is 1. The molecular weight excluding hydrogens is 366 g/mol. The minimum absolute atomic E-state index is 0.259. The lowest BCUT2D eigenvalue weighted by atomic mass is 10.1. The third-order valence-electron chi connectivity index (χ3n) is 4.54. The number of hydrogen-bond donors (Lipinski definition) is 2. The summed E-state index contributed by atoms with van der Waals surface area (Å²) in [6.45, 7) is 4.13. The first kappa shape index (κ1) is 19.7. The highest BCUT2D eigenvalue weighted by molar-refractivity contribution is 7.98. The van der Waals surface area contributed by atoms with E-state index in [4.69, 9.17) is 0 Å². The molecule has 3 aromatic carbocycles. The van der Waals surface area contributed by atoms with Crippen molar-refractivity contribution in [2.75, 3.05) is 11.6 Å². The van der Waals surface area contributed by atoms with Crippen LogP contribution in [0.2, 0.25) is 0 Å². The lowest BCUT2D eigenvalue weighted by Crippen LogP contribution is -2.19. The number of para-hydroxylation sites is 1. The van der Waals surface area contributed by atoms with E-state index in [1.807, 2.05) is 60.9 Å². The highest BCUT2D eigenvalue weighted by atomic mass is 32.2. The number of hydrogen-bond acceptors (Lipinski definition) is 4. The van der Waals surface area contributed by atoms with Gasteiger partial charge < -0.3 is 5.32 Å². The van der Waals surface area contributed by atoms with E-state index in [0.29, 0.717) is 5.56 Å². The van der Waals surface area contributed by atoms with E-state index in [9.17, 15) is 4.79 Å². The van der Waals surface area contributed by atoms with Gasteiger partial charge in [0.2, 0.25) is 0 Å². The second kappa shape index (κ2) is 9.24. The summed E-state index contributed by atoms with van der Waals surface area (Å²) in [7, 11) is 0. The highest BCUT2D eigenvalue weighted by Gasteiger charge is 2.11. The van der Waals surface area contributed by atoms with Crippen molar-refractivity contribution in [3.8, 4) is 0 Å². The quantitative estimate of drug-likeness (QED) is 0.331. The van der Waals surface area contributed by atoms with E-state index in [-0.39, 0.29) is 5.91 Å². The van der Waals surface area contributed by atoms with E-state index in [2.05, 4.69) is 35.8 Å². The summed E-state index contributed by atoms with van der Waals surface area (Å²) in [5.74, 6) is -0.259. The van der Waals surface area contributed by atoms with Gasteiger partial charge in [0.15, 0.2) is 0 Å². The molecule has 0 unspecified atom stereocenters. The van der Waals surface area contributed by atoms with Crippen LogP contribution in [0.25, 0.3) is 0 Å². The number of benzene rings is 3. The number of thioether (sulfide) groups is 1. The smallest absolute Gasteiger partial charge is 0.273 e. The molecule has 0 aromatic heterocycles. The second-order valence-electron chi connectivity index (χ2n) is 6.39. The SMILES string of the molecule is CSc1ccc(/C=N\NC(=O)c2ccccc2Nc2cccc(C)c2C)cc1. The number of carbonyl (C=O) groups is 1. The summed E-state index contributed by atoms with van der Waals surface area (Å²) in [6.07, 6.45) is 3.68. The standard InChI is InChI=1S/C23H23N3OS/c1-16-7-6-10-21(17(16)2)25-22-9-5-4-8-20(22)23(27)26-24-15-18-11-13-19(28-3)14-12-18/h4-15,25H,1-3H3,(H,26,27)/b24-15-. The largest absolute Gasteiger partial charge is 0.355 e. The predicted octanol–water partition coefficient (Wildman–Crippen LogP) is 5.53. The van der Waals surface area contributed by atoms with E-state index in [1.54, 1.807) is 24.0 Å². The van der Waals surface area contributed by atoms with Crippen molar-refractivity contribution < 1.29 is 4.79 Å². The lowest BCUT2D eigenvalue weighted by Gasteiger charge is -2.14. The van der Waals surface area contributed by atoms with Crippen LogP contribution in [-0.2, 0) is 0 Å². The number of nitrogens with zero attached hydrogens (tertiary/aromatic N) is 1. The highest BCUT2D eigenvalue weighted by Crippen LogP contribution is 2.25. The fraction of sp³-hybridized carbons (Fsp3) is 0.130. The summed E-state index contributed by atoms with van der Waals surface area (Å²) < 4.78 is 0. The van der Waals surface area contributed by atoms with Gasteiger partial charge in [0, 0.05) is 10.6 Å². The number of rotatable bonds is 6. The van der Waals surface area contributed by atoms with Crippen LogP contribution in [0.1, 0.15) is 27.0 Å². The Labute approximate surface area is 170 Å². The molecule has 3 rings (SSSR count). The molecule has 0 heterocycles. The van der Waals surface area contributed by atoms with Crippen molar-refractivity contribution in [3.63, 3.8) is 0 Å². The molecule has 0 spiro atoms. The minimum atomic E-state index is -0.259. The molecule has 28 heavy (non-hydrogen) atoms. The van der Waals surface area contributed by atoms with Gasteiger partial charge in [0.25, 0.3) is 5.91 Å². The molecule has 3 aromatic rings. The zero-order valence-corrected chi connectivity index (χ0v) is 17.0. The maximum Gasteiger partial charge on any atom is 0.273 e. The van der Waals surface area contributed by atoms with Gasteiger partial charge in [-0.1, -0.05) is 36.4 Å². The van der Waals surface area contributed by atoms with Gasteiger partial charge in [-0.2, -0.15) is 5.10 Å². The van der Waals surface area contributed by atoms with Crippen molar-refractivity contribution in [2.45, 2.75) is 18.7 Å². The van der Waals surface area contributed by atoms with E-state index < -0.39 is 0 Å². The maximum atomic E-state index is 12.6. The number of nitrogens with one attached hydrogen (secondary N) is 2. The molecule has 4 nitrogen and oxygen atoms in total. The summed E-state index contributed by atoms with van der Waals surface area (Å²) in [4.78, 5) is 13.8. The fourth-order valence-corrected chi connectivity index (χ4v) is 3.15. The zero-order chi connectivity index (χ0) is 19.9. The molecule has 0 saturated heterocycles. The van der Waals surface area contributed by atoms with Crippen LogP contribution in [0.4, 0.5) is 11.4 Å². The Bertz CT molecular complexity index is 997. The number of anilines is 2. The molecule has 0 radical (unpaired) electrons. The zero-order valence-electron chi connectivity index (χ0n) is 16.2. The third-order valence-corrected chi connectivity index (χ3v) is 5.28. The van der Waals surface area contributed by atoms with Crippen LogP contribution < -0.4 is 10.7 Å². The number of carbonyl (C=O) groups excluding carboxylic acids is 1. The Balaban J connectivity index is 1.73. The van der Waals surface area contributed by atoms with Gasteiger partial charge in [0.05, 0.1) is 17.5 Å². The van der Waals surface area contributed by atoms with Gasteiger partial charge in [-0.15, -0.1) is 11.8 Å². The lowest BCUT2D eigenvalue weighted by molar-refractivity contribution is 0.0956. The number of amides is 1. The fourth-order valence-electron chi connectivity index (χ4n) is 2.74. The molecule has 0 bridgehead atoms. The van der Waals surface area contributed by atoms with Gasteiger partial charge in [-0.3, -0.25) is 4.79 Å². The van der Waals surface area contributed by atoms with Crippen LogP contribution in [0, 0.1) is 13.8 Å². The van der Waals surface area contributed by atoms with Crippen LogP contribution in [0.15, 0.2) is 76.7 Å². The van der Waals surface area contributed by atoms with E-state index in [1.165, 1.54) is 10.5 Å². The van der Waals surface area contributed by atoms with Crippen molar-refractivity contribution in [1.82, 2.24) is 5.43 Å². The third kappa shape index (κ3) is 4.81. The van der Waals surface area contributed by atoms with Crippen molar-refractivity contribution in [1.29, 1.82) is 0 Å². The Morgan fingerprint density at radius 3 is 2.39 bits per heavy atom. The van der Waals surface area contributed by atoms with Crippen LogP contribution in [0.5, 0.6) is 0 Å². The summed E-state index contributed by atoms with van der Waals surface area (Å²) in [5.41, 5.74) is 8.17. The molecule has 0 fully saturated rings. The van der Waals surface area contributed by atoms with Gasteiger partial charge in [0.1, 0.15) is 0 Å². The summed E-state index contributed by atoms with van der Waals surface area (Å²) in [5, 5.41) is 7.46. The molecule has 2 N–H and O–H groups in total. The van der Waals surface area contributed by atoms with Crippen molar-refractivity contribution in [3.05, 3.63) is 89.0 Å². The molecule has 0 aliphatic heterocycles. The van der Waals surface area contributed by atoms with Crippen LogP contribution in [0.3, 0.4) is 0 Å². The van der Waals surface area contributed by atoms with Crippen LogP contribution in [-0.4, -0.2) is 18.4 Å². The monoisotopic (exact) mass is 389 g/mol. The average molecular weight is 390 g/mol. The van der Waals surface area contributed by atoms with E-state index >= 15 is 0 Å². The first-order valence-corrected chi connectivity index (χ1v) is 10.2. The van der Waals surface area contributed by atoms with Crippen molar-refractivity contribution in [2.24, 2.45) is 5.10 Å². The van der Waals surface area contributed by atoms with Gasteiger partial charge >= 0.3 is 0 Å². The molecule has 142 valence electrons. The van der Waals surface area contributed by atoms with Gasteiger partial charge in [-0.25, -0.2) is 5.43 Å². The second-order valence-corrected chi connectivity index (χ2v) is 7.27. The normalized spacial score (nSPS) is 10.8. The van der Waals surface area contributed by atoms with Crippen LogP contribution >= 0.6 is 11.8 Å². The summed E-state index contributed by atoms with van der Waals surface area (Å²) in [6, 6.07) is 21.5. The number of hydrazone groups is 1. The molecule has 0 saturated carbocycles. The molecular formula is C23H23N3OS. The Kier molecular flexibility index (Phi) is 6.50. The molecule has 0 aliphatic carbocycles. The summed E-state index contributed by atoms with van der Waals surface area (Å²) >= 11 is 1.69. The topological polar surface area (TPSA) is 53.5 Å². The Morgan fingerprint density at radius 1 is 0.929 bits per heavy atom. The maximum absolute atomic E-state index is 12.6. The Hall–Kier alpha value is -3.05. The molecule has 1 amide bonds. The average Bonchev–Trinajstić information content (AvgIpc) is 2.72. The first-order chi connectivity index (χ1) is 13.6.